The SMILES string of the molecule is C[C@@H]1CCCN(C(=O)CN2CCN(C(=O)c3ccco3)CC2)C1. The Hall–Kier alpha value is -1.82. The summed E-state index contributed by atoms with van der Waals surface area (Å²) in [6, 6.07) is 3.41. The van der Waals surface area contributed by atoms with E-state index in [4.69, 9.17) is 4.42 Å². The van der Waals surface area contributed by atoms with Crippen LogP contribution in [0.25, 0.3) is 0 Å². The van der Waals surface area contributed by atoms with Crippen molar-refractivity contribution in [3.8, 4) is 0 Å². The van der Waals surface area contributed by atoms with Crippen LogP contribution in [0.3, 0.4) is 0 Å². The molecule has 1 atom stereocenters. The van der Waals surface area contributed by atoms with Gasteiger partial charge in [-0.2, -0.15) is 0 Å². The molecule has 0 spiro atoms. The monoisotopic (exact) mass is 319 g/mol. The highest BCUT2D eigenvalue weighted by Gasteiger charge is 2.27. The number of carbonyl (C=O) groups is 2. The largest absolute Gasteiger partial charge is 0.459 e. The third-order valence-electron chi connectivity index (χ3n) is 4.76. The van der Waals surface area contributed by atoms with E-state index in [1.165, 1.54) is 12.7 Å². The van der Waals surface area contributed by atoms with Crippen molar-refractivity contribution in [3.63, 3.8) is 0 Å². The molecule has 2 aliphatic heterocycles. The Kier molecular flexibility index (Phi) is 5.00. The number of hydrogen-bond acceptors (Lipinski definition) is 4. The van der Waals surface area contributed by atoms with E-state index in [-0.39, 0.29) is 11.8 Å². The molecule has 0 unspecified atom stereocenters. The molecule has 3 rings (SSSR count). The maximum Gasteiger partial charge on any atom is 0.289 e. The van der Waals surface area contributed by atoms with Crippen LogP contribution in [-0.2, 0) is 4.79 Å². The van der Waals surface area contributed by atoms with Crippen molar-refractivity contribution in [2.75, 3.05) is 45.8 Å². The number of hydrogen-bond donors (Lipinski definition) is 0. The Bertz CT molecular complexity index is 535. The second-order valence-electron chi connectivity index (χ2n) is 6.63. The summed E-state index contributed by atoms with van der Waals surface area (Å²) in [5, 5.41) is 0. The van der Waals surface area contributed by atoms with Gasteiger partial charge < -0.3 is 14.2 Å². The molecule has 2 saturated heterocycles. The quantitative estimate of drug-likeness (QED) is 0.842. The highest BCUT2D eigenvalue weighted by Crippen LogP contribution is 2.16. The third-order valence-corrected chi connectivity index (χ3v) is 4.76. The lowest BCUT2D eigenvalue weighted by Crippen LogP contribution is -2.52. The zero-order valence-corrected chi connectivity index (χ0v) is 13.7. The number of carbonyl (C=O) groups excluding carboxylic acids is 2. The Morgan fingerprint density at radius 2 is 1.96 bits per heavy atom. The van der Waals surface area contributed by atoms with Crippen LogP contribution < -0.4 is 0 Å². The third kappa shape index (κ3) is 3.93. The normalized spacial score (nSPS) is 23.1. The predicted octanol–water partition coefficient (Wildman–Crippen LogP) is 1.30. The Balaban J connectivity index is 1.45. The fraction of sp³-hybridized carbons (Fsp3) is 0.647. The smallest absolute Gasteiger partial charge is 0.289 e. The molecule has 2 amide bonds. The lowest BCUT2D eigenvalue weighted by Gasteiger charge is -2.36. The number of furan rings is 1. The van der Waals surface area contributed by atoms with Crippen LogP contribution in [0.1, 0.15) is 30.3 Å². The Morgan fingerprint density at radius 3 is 2.61 bits per heavy atom. The minimum Gasteiger partial charge on any atom is -0.459 e. The van der Waals surface area contributed by atoms with Crippen LogP contribution in [0.5, 0.6) is 0 Å². The van der Waals surface area contributed by atoms with E-state index in [2.05, 4.69) is 11.8 Å². The molecule has 126 valence electrons. The number of likely N-dealkylation sites (tertiary alicyclic amines) is 1. The molecule has 2 fully saturated rings. The lowest BCUT2D eigenvalue weighted by molar-refractivity contribution is -0.134. The molecule has 0 radical (unpaired) electrons. The minimum atomic E-state index is -0.0640. The summed E-state index contributed by atoms with van der Waals surface area (Å²) in [6.07, 6.45) is 3.84. The molecule has 0 N–H and O–H groups in total. The van der Waals surface area contributed by atoms with E-state index in [0.29, 0.717) is 31.3 Å². The maximum absolute atomic E-state index is 12.4. The number of nitrogens with zero attached hydrogens (tertiary/aromatic N) is 3. The van der Waals surface area contributed by atoms with Crippen LogP contribution >= 0.6 is 0 Å². The van der Waals surface area contributed by atoms with Gasteiger partial charge in [0.25, 0.3) is 5.91 Å². The van der Waals surface area contributed by atoms with Crippen molar-refractivity contribution in [2.24, 2.45) is 5.92 Å². The van der Waals surface area contributed by atoms with Crippen LogP contribution in [0, 0.1) is 5.92 Å². The first-order valence-corrected chi connectivity index (χ1v) is 8.46. The van der Waals surface area contributed by atoms with Gasteiger partial charge in [-0.15, -0.1) is 0 Å². The summed E-state index contributed by atoms with van der Waals surface area (Å²) >= 11 is 0. The molecule has 0 aliphatic carbocycles. The van der Waals surface area contributed by atoms with Gasteiger partial charge in [0.2, 0.25) is 5.91 Å². The van der Waals surface area contributed by atoms with E-state index in [9.17, 15) is 9.59 Å². The van der Waals surface area contributed by atoms with E-state index in [1.807, 2.05) is 4.90 Å². The molecule has 2 aliphatic rings. The minimum absolute atomic E-state index is 0.0640. The highest BCUT2D eigenvalue weighted by atomic mass is 16.3. The first-order chi connectivity index (χ1) is 11.1. The van der Waals surface area contributed by atoms with Crippen LogP contribution in [-0.4, -0.2) is 72.3 Å². The van der Waals surface area contributed by atoms with E-state index >= 15 is 0 Å². The zero-order chi connectivity index (χ0) is 16.2. The predicted molar refractivity (Wildman–Crippen MR) is 86.0 cm³/mol. The standard InChI is InChI=1S/C17H25N3O3/c1-14-4-2-6-20(12-14)16(21)13-18-7-9-19(10-8-18)17(22)15-5-3-11-23-15/h3,5,11,14H,2,4,6-10,12-13H2,1H3/t14-/m1/s1. The molecule has 6 heteroatoms. The molecule has 1 aromatic heterocycles. The van der Waals surface area contributed by atoms with Gasteiger partial charge in [0, 0.05) is 39.3 Å². The molecule has 3 heterocycles. The van der Waals surface area contributed by atoms with E-state index in [1.54, 1.807) is 17.0 Å². The van der Waals surface area contributed by atoms with Gasteiger partial charge in [-0.05, 0) is 30.9 Å². The topological polar surface area (TPSA) is 57.0 Å². The second kappa shape index (κ2) is 7.17. The molecule has 0 bridgehead atoms. The maximum atomic E-state index is 12.4. The second-order valence-corrected chi connectivity index (χ2v) is 6.63. The molecule has 23 heavy (non-hydrogen) atoms. The first kappa shape index (κ1) is 16.1. The summed E-state index contributed by atoms with van der Waals surface area (Å²) in [5.74, 6) is 1.15. The molecule has 1 aromatic rings. The summed E-state index contributed by atoms with van der Waals surface area (Å²) < 4.78 is 5.16. The molecule has 0 saturated carbocycles. The Morgan fingerprint density at radius 1 is 1.17 bits per heavy atom. The van der Waals surface area contributed by atoms with Gasteiger partial charge >= 0.3 is 0 Å². The van der Waals surface area contributed by atoms with Gasteiger partial charge in [0.15, 0.2) is 5.76 Å². The summed E-state index contributed by atoms with van der Waals surface area (Å²) in [4.78, 5) is 30.5. The van der Waals surface area contributed by atoms with Crippen molar-refractivity contribution in [1.29, 1.82) is 0 Å². The molecular formula is C17H25N3O3. The average molecular weight is 319 g/mol. The zero-order valence-electron chi connectivity index (χ0n) is 13.7. The summed E-state index contributed by atoms with van der Waals surface area (Å²) in [6.45, 7) is 7.21. The average Bonchev–Trinajstić information content (AvgIpc) is 3.09. The van der Waals surface area contributed by atoms with Crippen LogP contribution in [0.4, 0.5) is 0 Å². The first-order valence-electron chi connectivity index (χ1n) is 8.46. The Labute approximate surface area is 137 Å². The van der Waals surface area contributed by atoms with Crippen molar-refractivity contribution >= 4 is 11.8 Å². The fourth-order valence-corrected chi connectivity index (χ4v) is 3.37. The van der Waals surface area contributed by atoms with Gasteiger partial charge in [-0.25, -0.2) is 0 Å². The highest BCUT2D eigenvalue weighted by molar-refractivity contribution is 5.91. The molecule has 6 nitrogen and oxygen atoms in total. The molecular weight excluding hydrogens is 294 g/mol. The van der Waals surface area contributed by atoms with Gasteiger partial charge in [0.05, 0.1) is 12.8 Å². The number of rotatable bonds is 3. The summed E-state index contributed by atoms with van der Waals surface area (Å²) in [5.41, 5.74) is 0. The van der Waals surface area contributed by atoms with Crippen LogP contribution in [0.15, 0.2) is 22.8 Å². The number of piperidine rings is 1. The fourth-order valence-electron chi connectivity index (χ4n) is 3.37. The van der Waals surface area contributed by atoms with E-state index in [0.717, 1.165) is 32.6 Å². The van der Waals surface area contributed by atoms with Crippen LogP contribution in [0.2, 0.25) is 0 Å². The van der Waals surface area contributed by atoms with Gasteiger partial charge in [-0.1, -0.05) is 6.92 Å². The molecule has 0 aromatic carbocycles. The van der Waals surface area contributed by atoms with E-state index < -0.39 is 0 Å². The van der Waals surface area contributed by atoms with Crippen molar-refractivity contribution < 1.29 is 14.0 Å². The van der Waals surface area contributed by atoms with Gasteiger partial charge in [-0.3, -0.25) is 14.5 Å². The number of amides is 2. The summed E-state index contributed by atoms with van der Waals surface area (Å²) in [7, 11) is 0. The van der Waals surface area contributed by atoms with Crippen molar-refractivity contribution in [3.05, 3.63) is 24.2 Å². The number of piperazine rings is 1. The lowest BCUT2D eigenvalue weighted by atomic mass is 10.0. The van der Waals surface area contributed by atoms with Gasteiger partial charge in [0.1, 0.15) is 0 Å². The van der Waals surface area contributed by atoms with Crippen molar-refractivity contribution in [1.82, 2.24) is 14.7 Å². The van der Waals surface area contributed by atoms with Crippen molar-refractivity contribution in [2.45, 2.75) is 19.8 Å².